The summed E-state index contributed by atoms with van der Waals surface area (Å²) in [6.07, 6.45) is 2.81. The number of carbonyl (C=O) groups is 1. The largest absolute Gasteiger partial charge is 0.347 e. The average molecular weight is 340 g/mol. The molecule has 1 atom stereocenters. The number of hydrogen-bond acceptors (Lipinski definition) is 4. The number of hydrogen-bond donors (Lipinski definition) is 2. The van der Waals surface area contributed by atoms with E-state index >= 15 is 0 Å². The highest BCUT2D eigenvalue weighted by Crippen LogP contribution is 2.19. The molecule has 3 heterocycles. The van der Waals surface area contributed by atoms with Gasteiger partial charge in [-0.05, 0) is 54.8 Å². The van der Waals surface area contributed by atoms with Gasteiger partial charge in [0.25, 0.3) is 0 Å². The molecule has 0 aliphatic rings. The SMILES string of the molecule is Cc1n[nH]c(C)c1CC(=O)N[C@@H](Cc1ccsc1)c1ccccn1. The number of aromatic amines is 1. The number of thiophene rings is 1. The molecule has 0 aliphatic heterocycles. The number of nitrogens with one attached hydrogen (secondary N) is 2. The first-order chi connectivity index (χ1) is 11.6. The fourth-order valence-electron chi connectivity index (χ4n) is 2.70. The lowest BCUT2D eigenvalue weighted by molar-refractivity contribution is -0.121. The zero-order valence-corrected chi connectivity index (χ0v) is 14.6. The molecule has 24 heavy (non-hydrogen) atoms. The van der Waals surface area contributed by atoms with E-state index in [1.54, 1.807) is 17.5 Å². The number of nitrogens with zero attached hydrogens (tertiary/aromatic N) is 2. The molecule has 5 nitrogen and oxygen atoms in total. The van der Waals surface area contributed by atoms with Crippen LogP contribution in [-0.2, 0) is 17.6 Å². The van der Waals surface area contributed by atoms with Crippen molar-refractivity contribution in [2.75, 3.05) is 0 Å². The molecule has 3 aromatic rings. The van der Waals surface area contributed by atoms with Crippen molar-refractivity contribution in [1.29, 1.82) is 0 Å². The summed E-state index contributed by atoms with van der Waals surface area (Å²) >= 11 is 1.66. The molecule has 3 aromatic heterocycles. The number of aryl methyl sites for hydroxylation is 2. The van der Waals surface area contributed by atoms with Crippen LogP contribution >= 0.6 is 11.3 Å². The van der Waals surface area contributed by atoms with Crippen LogP contribution in [0.1, 0.15) is 34.3 Å². The van der Waals surface area contributed by atoms with E-state index in [1.807, 2.05) is 37.4 Å². The van der Waals surface area contributed by atoms with E-state index in [2.05, 4.69) is 31.9 Å². The van der Waals surface area contributed by atoms with Gasteiger partial charge in [-0.1, -0.05) is 6.07 Å². The van der Waals surface area contributed by atoms with Crippen molar-refractivity contribution in [2.24, 2.45) is 0 Å². The highest BCUT2D eigenvalue weighted by atomic mass is 32.1. The van der Waals surface area contributed by atoms with Gasteiger partial charge in [-0.15, -0.1) is 0 Å². The van der Waals surface area contributed by atoms with Crippen LogP contribution in [0, 0.1) is 13.8 Å². The Labute approximate surface area is 145 Å². The van der Waals surface area contributed by atoms with Crippen LogP contribution in [0.3, 0.4) is 0 Å². The fourth-order valence-corrected chi connectivity index (χ4v) is 3.38. The molecular formula is C18H20N4OS. The number of pyridine rings is 1. The Bertz CT molecular complexity index is 776. The molecule has 0 aromatic carbocycles. The van der Waals surface area contributed by atoms with Crippen LogP contribution in [0.4, 0.5) is 0 Å². The van der Waals surface area contributed by atoms with Crippen LogP contribution in [0.15, 0.2) is 41.2 Å². The molecule has 0 aliphatic carbocycles. The second-order valence-electron chi connectivity index (χ2n) is 5.80. The molecule has 6 heteroatoms. The topological polar surface area (TPSA) is 70.7 Å². The minimum Gasteiger partial charge on any atom is -0.347 e. The Morgan fingerprint density at radius 2 is 2.21 bits per heavy atom. The van der Waals surface area contributed by atoms with Crippen molar-refractivity contribution in [3.05, 3.63) is 69.4 Å². The zero-order chi connectivity index (χ0) is 16.9. The summed E-state index contributed by atoms with van der Waals surface area (Å²) in [6, 6.07) is 7.72. The van der Waals surface area contributed by atoms with Gasteiger partial charge in [0.2, 0.25) is 5.91 Å². The van der Waals surface area contributed by atoms with Gasteiger partial charge >= 0.3 is 0 Å². The van der Waals surface area contributed by atoms with E-state index < -0.39 is 0 Å². The molecule has 124 valence electrons. The molecule has 0 fully saturated rings. The number of carbonyl (C=O) groups excluding carboxylic acids is 1. The van der Waals surface area contributed by atoms with Gasteiger partial charge in [0.15, 0.2) is 0 Å². The number of amides is 1. The molecule has 0 saturated carbocycles. The van der Waals surface area contributed by atoms with Crippen LogP contribution in [0.25, 0.3) is 0 Å². The number of aromatic nitrogens is 3. The minimum atomic E-state index is -0.138. The maximum atomic E-state index is 12.5. The summed E-state index contributed by atoms with van der Waals surface area (Å²) in [4.78, 5) is 17.0. The molecule has 0 radical (unpaired) electrons. The van der Waals surface area contributed by atoms with E-state index in [-0.39, 0.29) is 11.9 Å². The van der Waals surface area contributed by atoms with Gasteiger partial charge in [-0.2, -0.15) is 16.4 Å². The van der Waals surface area contributed by atoms with Crippen LogP contribution in [0.5, 0.6) is 0 Å². The molecule has 3 rings (SSSR count). The summed E-state index contributed by atoms with van der Waals surface area (Å²) in [5.41, 5.74) is 4.84. The highest BCUT2D eigenvalue weighted by Gasteiger charge is 2.18. The first-order valence-corrected chi connectivity index (χ1v) is 8.79. The Hall–Kier alpha value is -2.47. The van der Waals surface area contributed by atoms with E-state index in [9.17, 15) is 4.79 Å². The van der Waals surface area contributed by atoms with Gasteiger partial charge in [0.05, 0.1) is 23.9 Å². The predicted molar refractivity (Wildman–Crippen MR) is 94.9 cm³/mol. The molecular weight excluding hydrogens is 320 g/mol. The smallest absolute Gasteiger partial charge is 0.225 e. The van der Waals surface area contributed by atoms with Gasteiger partial charge in [0.1, 0.15) is 0 Å². The second-order valence-corrected chi connectivity index (χ2v) is 6.58. The summed E-state index contributed by atoms with van der Waals surface area (Å²) < 4.78 is 0. The normalized spacial score (nSPS) is 12.1. The van der Waals surface area contributed by atoms with Crippen LogP contribution < -0.4 is 5.32 Å². The second kappa shape index (κ2) is 7.40. The molecule has 1 amide bonds. The highest BCUT2D eigenvalue weighted by molar-refractivity contribution is 7.07. The van der Waals surface area contributed by atoms with Gasteiger partial charge < -0.3 is 5.32 Å². The molecule has 0 spiro atoms. The van der Waals surface area contributed by atoms with E-state index in [0.717, 1.165) is 29.1 Å². The zero-order valence-electron chi connectivity index (χ0n) is 13.7. The monoisotopic (exact) mass is 340 g/mol. The number of rotatable bonds is 6. The lowest BCUT2D eigenvalue weighted by Crippen LogP contribution is -2.31. The standard InChI is InChI=1S/C18H20N4OS/c1-12-15(13(2)22-21-12)10-18(23)20-17(9-14-6-8-24-11-14)16-5-3-4-7-19-16/h3-8,11,17H,9-10H2,1-2H3,(H,20,23)(H,21,22)/t17-/m0/s1. The summed E-state index contributed by atoms with van der Waals surface area (Å²) in [5, 5.41) is 14.3. The van der Waals surface area contributed by atoms with Crippen molar-refractivity contribution >= 4 is 17.2 Å². The van der Waals surface area contributed by atoms with Gasteiger partial charge in [0, 0.05) is 17.5 Å². The summed E-state index contributed by atoms with van der Waals surface area (Å²) in [6.45, 7) is 3.85. The maximum Gasteiger partial charge on any atom is 0.225 e. The lowest BCUT2D eigenvalue weighted by atomic mass is 10.0. The summed E-state index contributed by atoms with van der Waals surface area (Å²) in [5.74, 6) is -0.0199. The average Bonchev–Trinajstić information content (AvgIpc) is 3.20. The van der Waals surface area contributed by atoms with Crippen molar-refractivity contribution in [1.82, 2.24) is 20.5 Å². The van der Waals surface area contributed by atoms with Crippen LogP contribution in [-0.4, -0.2) is 21.1 Å². The van der Waals surface area contributed by atoms with Crippen LogP contribution in [0.2, 0.25) is 0 Å². The predicted octanol–water partition coefficient (Wildman–Crippen LogP) is 3.13. The fraction of sp³-hybridized carbons (Fsp3) is 0.278. The van der Waals surface area contributed by atoms with Crippen molar-refractivity contribution in [2.45, 2.75) is 32.7 Å². The van der Waals surface area contributed by atoms with E-state index in [4.69, 9.17) is 0 Å². The molecule has 0 bridgehead atoms. The van der Waals surface area contributed by atoms with Gasteiger partial charge in [-0.3, -0.25) is 14.9 Å². The lowest BCUT2D eigenvalue weighted by Gasteiger charge is -2.18. The van der Waals surface area contributed by atoms with Crippen molar-refractivity contribution in [3.8, 4) is 0 Å². The molecule has 0 unspecified atom stereocenters. The Morgan fingerprint density at radius 1 is 1.33 bits per heavy atom. The third-order valence-corrected chi connectivity index (χ3v) is 4.75. The van der Waals surface area contributed by atoms with Crippen molar-refractivity contribution in [3.63, 3.8) is 0 Å². The Morgan fingerprint density at radius 3 is 2.83 bits per heavy atom. The third kappa shape index (κ3) is 3.89. The first-order valence-electron chi connectivity index (χ1n) is 7.85. The number of H-pyrrole nitrogens is 1. The molecule has 0 saturated heterocycles. The van der Waals surface area contributed by atoms with E-state index in [1.165, 1.54) is 5.56 Å². The summed E-state index contributed by atoms with van der Waals surface area (Å²) in [7, 11) is 0. The third-order valence-electron chi connectivity index (χ3n) is 4.02. The van der Waals surface area contributed by atoms with E-state index in [0.29, 0.717) is 6.42 Å². The maximum absolute atomic E-state index is 12.5. The molecule has 2 N–H and O–H groups in total. The Balaban J connectivity index is 1.75. The van der Waals surface area contributed by atoms with Gasteiger partial charge in [-0.25, -0.2) is 0 Å². The first kappa shape index (κ1) is 16.4. The van der Waals surface area contributed by atoms with Crippen molar-refractivity contribution < 1.29 is 4.79 Å². The minimum absolute atomic E-state index is 0.0199. The quantitative estimate of drug-likeness (QED) is 0.724. The Kier molecular flexibility index (Phi) is 5.05.